The first-order chi connectivity index (χ1) is 13.6. The molecule has 1 amide bonds. The number of rotatable bonds is 11. The number of benzene rings is 2. The number of halogens is 1. The molecule has 1 N–H and O–H groups in total. The summed E-state index contributed by atoms with van der Waals surface area (Å²) in [6, 6.07) is 12.0. The van der Waals surface area contributed by atoms with Gasteiger partial charge in [0.05, 0.1) is 12.3 Å². The van der Waals surface area contributed by atoms with Crippen molar-refractivity contribution in [2.45, 2.75) is 46.5 Å². The molecule has 0 bridgehead atoms. The van der Waals surface area contributed by atoms with E-state index in [1.165, 1.54) is 6.07 Å². The van der Waals surface area contributed by atoms with Crippen molar-refractivity contribution in [2.24, 2.45) is 0 Å². The molecule has 0 fully saturated rings. The van der Waals surface area contributed by atoms with Gasteiger partial charge in [0.2, 0.25) is 0 Å². The first kappa shape index (κ1) is 21.7. The van der Waals surface area contributed by atoms with Gasteiger partial charge in [0, 0.05) is 24.3 Å². The van der Waals surface area contributed by atoms with Crippen LogP contribution in [-0.4, -0.2) is 25.6 Å². The molecule has 28 heavy (non-hydrogen) atoms. The second-order valence-electron chi connectivity index (χ2n) is 6.77. The smallest absolute Gasteiger partial charge is 0.258 e. The lowest BCUT2D eigenvalue weighted by molar-refractivity contribution is 0.0987. The van der Waals surface area contributed by atoms with Gasteiger partial charge < -0.3 is 15.0 Å². The molecule has 0 aliphatic carbocycles. The van der Waals surface area contributed by atoms with Crippen molar-refractivity contribution in [2.75, 3.05) is 29.9 Å². The molecule has 0 saturated carbocycles. The Morgan fingerprint density at radius 2 is 1.79 bits per heavy atom. The Kier molecular flexibility index (Phi) is 8.79. The summed E-state index contributed by atoms with van der Waals surface area (Å²) in [7, 11) is 0. The fourth-order valence-electron chi connectivity index (χ4n) is 2.86. The molecule has 0 atom stereocenters. The molecule has 152 valence electrons. The number of amides is 1. The van der Waals surface area contributed by atoms with Crippen LogP contribution in [0.25, 0.3) is 0 Å². The molecule has 0 aliphatic rings. The summed E-state index contributed by atoms with van der Waals surface area (Å²) in [5, 5.41) is 3.10. The summed E-state index contributed by atoms with van der Waals surface area (Å²) in [6.45, 7) is 8.04. The fraction of sp³-hybridized carbons (Fsp3) is 0.435. The number of hydrogen-bond donors (Lipinski definition) is 1. The van der Waals surface area contributed by atoms with E-state index < -0.39 is 0 Å². The molecular formula is C23H31FN2O2. The highest BCUT2D eigenvalue weighted by atomic mass is 19.1. The van der Waals surface area contributed by atoms with Crippen LogP contribution in [0.2, 0.25) is 0 Å². The quantitative estimate of drug-likeness (QED) is 0.490. The van der Waals surface area contributed by atoms with Crippen molar-refractivity contribution in [1.29, 1.82) is 0 Å². The Bertz CT molecular complexity index is 747. The summed E-state index contributed by atoms with van der Waals surface area (Å²) in [4.78, 5) is 14.6. The van der Waals surface area contributed by atoms with Crippen molar-refractivity contribution < 1.29 is 13.9 Å². The topological polar surface area (TPSA) is 41.6 Å². The number of hydrogen-bond acceptors (Lipinski definition) is 3. The molecular weight excluding hydrogens is 355 g/mol. The standard InChI is InChI=1S/C23H31FN2O2/c1-4-7-14-25-22-13-10-19(17-21(22)24)26(15-5-2)23(27)18-8-11-20(12-9-18)28-16-6-3/h8-13,17,25H,4-7,14-16H2,1-3H3. The molecule has 0 unspecified atom stereocenters. The number of anilines is 2. The maximum absolute atomic E-state index is 14.5. The Hall–Kier alpha value is -2.56. The first-order valence-electron chi connectivity index (χ1n) is 10.2. The lowest BCUT2D eigenvalue weighted by atomic mass is 10.1. The van der Waals surface area contributed by atoms with Gasteiger partial charge in [0.15, 0.2) is 0 Å². The largest absolute Gasteiger partial charge is 0.494 e. The molecule has 2 aromatic carbocycles. The molecule has 4 nitrogen and oxygen atoms in total. The zero-order chi connectivity index (χ0) is 20.4. The summed E-state index contributed by atoms with van der Waals surface area (Å²) >= 11 is 0. The van der Waals surface area contributed by atoms with Crippen LogP contribution in [0.4, 0.5) is 15.8 Å². The molecule has 0 radical (unpaired) electrons. The van der Waals surface area contributed by atoms with E-state index in [1.807, 2.05) is 13.8 Å². The average molecular weight is 387 g/mol. The van der Waals surface area contributed by atoms with E-state index in [9.17, 15) is 9.18 Å². The van der Waals surface area contributed by atoms with Crippen LogP contribution in [0.5, 0.6) is 5.75 Å². The van der Waals surface area contributed by atoms with Crippen molar-refractivity contribution in [1.82, 2.24) is 0 Å². The second-order valence-corrected chi connectivity index (χ2v) is 6.77. The van der Waals surface area contributed by atoms with Gasteiger partial charge >= 0.3 is 0 Å². The maximum atomic E-state index is 14.5. The van der Waals surface area contributed by atoms with Gasteiger partial charge in [0.25, 0.3) is 5.91 Å². The molecule has 2 aromatic rings. The lowest BCUT2D eigenvalue weighted by Gasteiger charge is -2.23. The molecule has 5 heteroatoms. The third-order valence-electron chi connectivity index (χ3n) is 4.38. The maximum Gasteiger partial charge on any atom is 0.258 e. The minimum Gasteiger partial charge on any atom is -0.494 e. The van der Waals surface area contributed by atoms with Gasteiger partial charge in [0.1, 0.15) is 11.6 Å². The van der Waals surface area contributed by atoms with E-state index >= 15 is 0 Å². The van der Waals surface area contributed by atoms with Crippen LogP contribution in [-0.2, 0) is 0 Å². The minimum absolute atomic E-state index is 0.144. The SMILES string of the molecule is CCCCNc1ccc(N(CCC)C(=O)c2ccc(OCCC)cc2)cc1F. The molecule has 0 spiro atoms. The van der Waals surface area contributed by atoms with E-state index in [4.69, 9.17) is 4.74 Å². The van der Waals surface area contributed by atoms with Crippen molar-refractivity contribution in [3.8, 4) is 5.75 Å². The summed E-state index contributed by atoms with van der Waals surface area (Å²) in [5.74, 6) is 0.259. The Morgan fingerprint density at radius 3 is 2.39 bits per heavy atom. The monoisotopic (exact) mass is 386 g/mol. The molecule has 0 aliphatic heterocycles. The van der Waals surface area contributed by atoms with Crippen LogP contribution in [0.15, 0.2) is 42.5 Å². The van der Waals surface area contributed by atoms with Gasteiger partial charge in [-0.2, -0.15) is 0 Å². The van der Waals surface area contributed by atoms with Crippen LogP contribution in [0, 0.1) is 5.82 Å². The van der Waals surface area contributed by atoms with E-state index in [1.54, 1.807) is 41.3 Å². The van der Waals surface area contributed by atoms with E-state index in [2.05, 4.69) is 12.2 Å². The minimum atomic E-state index is -0.342. The summed E-state index contributed by atoms with van der Waals surface area (Å²) in [5.41, 5.74) is 1.60. The second kappa shape index (κ2) is 11.3. The third-order valence-corrected chi connectivity index (χ3v) is 4.38. The van der Waals surface area contributed by atoms with Gasteiger partial charge in [-0.1, -0.05) is 27.2 Å². The van der Waals surface area contributed by atoms with E-state index in [0.29, 0.717) is 30.1 Å². The molecule has 0 heterocycles. The van der Waals surface area contributed by atoms with Crippen LogP contribution in [0.3, 0.4) is 0 Å². The zero-order valence-corrected chi connectivity index (χ0v) is 17.1. The first-order valence-corrected chi connectivity index (χ1v) is 10.2. The molecule has 0 saturated heterocycles. The molecule has 0 aromatic heterocycles. The number of ether oxygens (including phenoxy) is 1. The highest BCUT2D eigenvalue weighted by Crippen LogP contribution is 2.24. The normalized spacial score (nSPS) is 10.6. The van der Waals surface area contributed by atoms with Gasteiger partial charge in [-0.25, -0.2) is 4.39 Å². The number of nitrogens with zero attached hydrogens (tertiary/aromatic N) is 1. The summed E-state index contributed by atoms with van der Waals surface area (Å²) in [6.07, 6.45) is 3.74. The predicted octanol–water partition coefficient (Wildman–Crippen LogP) is 5.88. The van der Waals surface area contributed by atoms with Crippen LogP contribution >= 0.6 is 0 Å². The van der Waals surface area contributed by atoms with E-state index in [-0.39, 0.29) is 11.7 Å². The third kappa shape index (κ3) is 5.98. The lowest BCUT2D eigenvalue weighted by Crippen LogP contribution is -2.31. The average Bonchev–Trinajstić information content (AvgIpc) is 2.71. The number of nitrogens with one attached hydrogen (secondary N) is 1. The Balaban J connectivity index is 2.17. The Labute approximate surface area is 167 Å². The fourth-order valence-corrected chi connectivity index (χ4v) is 2.86. The zero-order valence-electron chi connectivity index (χ0n) is 17.1. The number of carbonyl (C=O) groups is 1. The molecule has 2 rings (SSSR count). The summed E-state index contributed by atoms with van der Waals surface area (Å²) < 4.78 is 20.1. The van der Waals surface area contributed by atoms with Crippen molar-refractivity contribution in [3.05, 3.63) is 53.8 Å². The number of unbranched alkanes of at least 4 members (excludes halogenated alkanes) is 1. The van der Waals surface area contributed by atoms with Crippen molar-refractivity contribution >= 4 is 17.3 Å². The predicted molar refractivity (Wildman–Crippen MR) is 114 cm³/mol. The van der Waals surface area contributed by atoms with Crippen LogP contribution < -0.4 is 15.0 Å². The number of carbonyl (C=O) groups excluding carboxylic acids is 1. The van der Waals surface area contributed by atoms with Gasteiger partial charge in [-0.05, 0) is 61.7 Å². The van der Waals surface area contributed by atoms with Gasteiger partial charge in [-0.15, -0.1) is 0 Å². The highest BCUT2D eigenvalue weighted by Gasteiger charge is 2.18. The van der Waals surface area contributed by atoms with Gasteiger partial charge in [-0.3, -0.25) is 4.79 Å². The van der Waals surface area contributed by atoms with Crippen LogP contribution in [0.1, 0.15) is 56.8 Å². The van der Waals surface area contributed by atoms with Crippen molar-refractivity contribution in [3.63, 3.8) is 0 Å². The van der Waals surface area contributed by atoms with E-state index in [0.717, 1.165) is 38.0 Å². The highest BCUT2D eigenvalue weighted by molar-refractivity contribution is 6.06. The Morgan fingerprint density at radius 1 is 1.04 bits per heavy atom.